The summed E-state index contributed by atoms with van der Waals surface area (Å²) in [5.74, 6) is 0.542. The lowest BCUT2D eigenvalue weighted by Gasteiger charge is -2.19. The Balaban J connectivity index is 1.64. The second-order valence-electron chi connectivity index (χ2n) is 8.12. The van der Waals surface area contributed by atoms with Crippen LogP contribution in [0.2, 0.25) is 5.15 Å². The number of benzene rings is 2. The van der Waals surface area contributed by atoms with E-state index in [4.69, 9.17) is 16.0 Å². The third-order valence-electron chi connectivity index (χ3n) is 5.73. The molecule has 0 aliphatic rings. The zero-order chi connectivity index (χ0) is 22.4. The number of halogens is 1. The average Bonchev–Trinajstić information content (AvgIpc) is 3.23. The number of hydrogen-bond acceptors (Lipinski definition) is 4. The number of fused-ring (bicyclic) bond motifs is 2. The first-order valence-electron chi connectivity index (χ1n) is 10.4. The fraction of sp³-hybridized carbons (Fsp3) is 0.154. The van der Waals surface area contributed by atoms with Crippen molar-refractivity contribution in [2.75, 3.05) is 5.32 Å². The van der Waals surface area contributed by atoms with E-state index in [0.29, 0.717) is 21.9 Å². The van der Waals surface area contributed by atoms with Gasteiger partial charge in [0.2, 0.25) is 0 Å². The number of nitrogens with zero attached hydrogens (tertiary/aromatic N) is 1. The summed E-state index contributed by atoms with van der Waals surface area (Å²) in [6, 6.07) is 17.0. The van der Waals surface area contributed by atoms with E-state index >= 15 is 0 Å². The molecule has 5 aromatic rings. The maximum atomic E-state index is 13.1. The molecule has 32 heavy (non-hydrogen) atoms. The van der Waals surface area contributed by atoms with Crippen LogP contribution in [0.3, 0.4) is 0 Å². The van der Waals surface area contributed by atoms with Crippen molar-refractivity contribution in [1.82, 2.24) is 9.97 Å². The molecule has 5 nitrogen and oxygen atoms in total. The lowest BCUT2D eigenvalue weighted by Crippen LogP contribution is -2.11. The Hall–Kier alpha value is -3.57. The number of H-pyrrole nitrogens is 1. The van der Waals surface area contributed by atoms with Gasteiger partial charge in [-0.3, -0.25) is 4.79 Å². The molecule has 0 saturated heterocycles. The lowest BCUT2D eigenvalue weighted by atomic mass is 10.0. The van der Waals surface area contributed by atoms with Crippen molar-refractivity contribution in [2.24, 2.45) is 0 Å². The zero-order valence-electron chi connectivity index (χ0n) is 18.0. The molecule has 0 radical (unpaired) electrons. The highest BCUT2D eigenvalue weighted by Crippen LogP contribution is 2.32. The fourth-order valence-electron chi connectivity index (χ4n) is 4.09. The fourth-order valence-corrected chi connectivity index (χ4v) is 4.28. The second kappa shape index (κ2) is 7.84. The van der Waals surface area contributed by atoms with Crippen LogP contribution in [0.4, 0.5) is 5.69 Å². The van der Waals surface area contributed by atoms with E-state index in [9.17, 15) is 4.79 Å². The summed E-state index contributed by atoms with van der Waals surface area (Å²) in [5, 5.41) is 5.62. The van der Waals surface area contributed by atoms with Gasteiger partial charge in [0.15, 0.2) is 5.43 Å². The van der Waals surface area contributed by atoms with Crippen LogP contribution in [0.15, 0.2) is 70.0 Å². The van der Waals surface area contributed by atoms with Crippen LogP contribution in [-0.4, -0.2) is 9.97 Å². The van der Waals surface area contributed by atoms with Crippen molar-refractivity contribution < 1.29 is 4.42 Å². The molecule has 6 heteroatoms. The third-order valence-corrected chi connectivity index (χ3v) is 5.94. The highest BCUT2D eigenvalue weighted by molar-refractivity contribution is 6.29. The quantitative estimate of drug-likeness (QED) is 0.300. The standard InChI is InChI=1S/C26H22ClN3O2/c1-14-10-19(15(2)29-21-6-7-25(27)30-16(21)3)26-20(11-14)23(31)13-24(32-26)18-5-4-17-8-9-28-22(17)12-18/h4-13,15,28-29H,1-3H3. The minimum Gasteiger partial charge on any atom is -0.455 e. The van der Waals surface area contributed by atoms with Gasteiger partial charge in [0.1, 0.15) is 16.5 Å². The Bertz CT molecular complexity index is 1530. The highest BCUT2D eigenvalue weighted by Gasteiger charge is 2.17. The molecule has 160 valence electrons. The van der Waals surface area contributed by atoms with E-state index in [1.54, 1.807) is 12.1 Å². The van der Waals surface area contributed by atoms with E-state index in [2.05, 4.69) is 21.4 Å². The molecule has 5 rings (SSSR count). The van der Waals surface area contributed by atoms with Crippen LogP contribution < -0.4 is 10.7 Å². The Morgan fingerprint density at radius 1 is 1.06 bits per heavy atom. The number of pyridine rings is 1. The topological polar surface area (TPSA) is 70.9 Å². The molecule has 2 N–H and O–H groups in total. The van der Waals surface area contributed by atoms with Crippen LogP contribution in [0.5, 0.6) is 0 Å². The predicted molar refractivity (Wildman–Crippen MR) is 131 cm³/mol. The molecular weight excluding hydrogens is 422 g/mol. The van der Waals surface area contributed by atoms with Crippen LogP contribution in [0.25, 0.3) is 33.2 Å². The minimum atomic E-state index is -0.122. The predicted octanol–water partition coefficient (Wildman–Crippen LogP) is 6.78. The van der Waals surface area contributed by atoms with Crippen molar-refractivity contribution in [3.05, 3.63) is 93.0 Å². The molecule has 1 unspecified atom stereocenters. The molecule has 3 aromatic heterocycles. The van der Waals surface area contributed by atoms with Gasteiger partial charge in [-0.25, -0.2) is 4.98 Å². The third kappa shape index (κ3) is 3.65. The maximum Gasteiger partial charge on any atom is 0.193 e. The molecule has 2 aromatic carbocycles. The van der Waals surface area contributed by atoms with Crippen molar-refractivity contribution >= 4 is 39.2 Å². The molecule has 1 atom stereocenters. The summed E-state index contributed by atoms with van der Waals surface area (Å²) in [7, 11) is 0. The van der Waals surface area contributed by atoms with E-state index in [1.807, 2.05) is 63.4 Å². The monoisotopic (exact) mass is 443 g/mol. The van der Waals surface area contributed by atoms with E-state index in [1.165, 1.54) is 0 Å². The molecule has 0 saturated carbocycles. The van der Waals surface area contributed by atoms with E-state index in [-0.39, 0.29) is 11.5 Å². The van der Waals surface area contributed by atoms with Crippen molar-refractivity contribution in [3.8, 4) is 11.3 Å². The van der Waals surface area contributed by atoms with Crippen LogP contribution in [-0.2, 0) is 0 Å². The lowest BCUT2D eigenvalue weighted by molar-refractivity contribution is 0.610. The summed E-state index contributed by atoms with van der Waals surface area (Å²) in [5.41, 5.74) is 5.97. The first-order valence-corrected chi connectivity index (χ1v) is 10.8. The Morgan fingerprint density at radius 3 is 2.72 bits per heavy atom. The number of aryl methyl sites for hydroxylation is 2. The Labute approximate surface area is 190 Å². The molecule has 0 amide bonds. The maximum absolute atomic E-state index is 13.1. The van der Waals surface area contributed by atoms with Crippen LogP contribution >= 0.6 is 11.6 Å². The summed E-state index contributed by atoms with van der Waals surface area (Å²) < 4.78 is 6.36. The van der Waals surface area contributed by atoms with E-state index < -0.39 is 0 Å². The van der Waals surface area contributed by atoms with Crippen LogP contribution in [0.1, 0.15) is 29.8 Å². The van der Waals surface area contributed by atoms with Gasteiger partial charge in [-0.1, -0.05) is 29.8 Å². The molecule has 0 fully saturated rings. The zero-order valence-corrected chi connectivity index (χ0v) is 18.7. The summed E-state index contributed by atoms with van der Waals surface area (Å²) in [4.78, 5) is 20.6. The first-order chi connectivity index (χ1) is 15.4. The van der Waals surface area contributed by atoms with Gasteiger partial charge < -0.3 is 14.7 Å². The van der Waals surface area contributed by atoms with Gasteiger partial charge in [0.25, 0.3) is 0 Å². The summed E-state index contributed by atoms with van der Waals surface area (Å²) in [6.07, 6.45) is 1.90. The number of aromatic nitrogens is 2. The number of hydrogen-bond donors (Lipinski definition) is 2. The van der Waals surface area contributed by atoms with Gasteiger partial charge in [0.05, 0.1) is 22.8 Å². The number of aromatic amines is 1. The van der Waals surface area contributed by atoms with E-state index in [0.717, 1.165) is 39.0 Å². The number of rotatable bonds is 4. The largest absolute Gasteiger partial charge is 0.455 e. The smallest absolute Gasteiger partial charge is 0.193 e. The van der Waals surface area contributed by atoms with Gasteiger partial charge in [-0.2, -0.15) is 0 Å². The molecule has 0 aliphatic heterocycles. The average molecular weight is 444 g/mol. The van der Waals surface area contributed by atoms with Crippen LogP contribution in [0, 0.1) is 13.8 Å². The summed E-state index contributed by atoms with van der Waals surface area (Å²) in [6.45, 7) is 5.93. The van der Waals surface area contributed by atoms with Crippen molar-refractivity contribution in [3.63, 3.8) is 0 Å². The first kappa shape index (κ1) is 20.3. The van der Waals surface area contributed by atoms with Gasteiger partial charge in [-0.15, -0.1) is 0 Å². The highest BCUT2D eigenvalue weighted by atomic mass is 35.5. The van der Waals surface area contributed by atoms with Gasteiger partial charge in [-0.05, 0) is 62.1 Å². The number of anilines is 1. The second-order valence-corrected chi connectivity index (χ2v) is 8.51. The molecular formula is C26H22ClN3O2. The molecule has 0 aliphatic carbocycles. The molecule has 3 heterocycles. The molecule has 0 spiro atoms. The normalized spacial score (nSPS) is 12.4. The Kier molecular flexibility index (Phi) is 4.98. The van der Waals surface area contributed by atoms with Gasteiger partial charge >= 0.3 is 0 Å². The van der Waals surface area contributed by atoms with Gasteiger partial charge in [0, 0.05) is 28.9 Å². The molecule has 0 bridgehead atoms. The number of nitrogens with one attached hydrogen (secondary N) is 2. The van der Waals surface area contributed by atoms with Crippen molar-refractivity contribution in [1.29, 1.82) is 0 Å². The summed E-state index contributed by atoms with van der Waals surface area (Å²) >= 11 is 6.00. The Morgan fingerprint density at radius 2 is 1.91 bits per heavy atom. The van der Waals surface area contributed by atoms with Crippen molar-refractivity contribution in [2.45, 2.75) is 26.8 Å². The SMILES string of the molecule is Cc1cc(C(C)Nc2ccc(Cl)nc2C)c2oc(-c3ccc4cc[nH]c4c3)cc(=O)c2c1. The minimum absolute atomic E-state index is 0.0608.